The lowest BCUT2D eigenvalue weighted by Crippen LogP contribution is -2.57. The Labute approximate surface area is 106 Å². The van der Waals surface area contributed by atoms with E-state index >= 15 is 0 Å². The van der Waals surface area contributed by atoms with Crippen LogP contribution in [0, 0.1) is 11.6 Å². The first kappa shape index (κ1) is 12.9. The summed E-state index contributed by atoms with van der Waals surface area (Å²) in [4.78, 5) is 0. The molecule has 0 saturated carbocycles. The average molecular weight is 264 g/mol. The Kier molecular flexibility index (Phi) is 3.59. The smallest absolute Gasteiger partial charge is 0.252 e. The fourth-order valence-corrected chi connectivity index (χ4v) is 4.35. The first-order chi connectivity index (χ1) is 8.56. The van der Waals surface area contributed by atoms with E-state index in [9.17, 15) is 8.78 Å². The van der Waals surface area contributed by atoms with Gasteiger partial charge in [-0.05, 0) is 41.2 Å². The molecule has 0 bridgehead atoms. The molecule has 2 aromatic rings. The van der Waals surface area contributed by atoms with Crippen LogP contribution in [-0.2, 0) is 4.43 Å². The van der Waals surface area contributed by atoms with Gasteiger partial charge in [-0.25, -0.2) is 8.78 Å². The Hall–Kier alpha value is -1.52. The quantitative estimate of drug-likeness (QED) is 0.773. The third kappa shape index (κ3) is 2.35. The summed E-state index contributed by atoms with van der Waals surface area (Å²) < 4.78 is 31.6. The van der Waals surface area contributed by atoms with E-state index in [1.807, 2.05) is 6.55 Å². The highest BCUT2D eigenvalue weighted by atomic mass is 28.4. The Morgan fingerprint density at radius 2 is 1.11 bits per heavy atom. The van der Waals surface area contributed by atoms with Gasteiger partial charge in [-0.3, -0.25) is 0 Å². The third-order valence-corrected chi connectivity index (χ3v) is 6.89. The summed E-state index contributed by atoms with van der Waals surface area (Å²) in [5.74, 6) is -0.546. The molecule has 0 N–H and O–H groups in total. The second-order valence-electron chi connectivity index (χ2n) is 4.25. The summed E-state index contributed by atoms with van der Waals surface area (Å²) in [6.07, 6.45) is 0. The van der Waals surface area contributed by atoms with Crippen LogP contribution in [0.15, 0.2) is 48.5 Å². The van der Waals surface area contributed by atoms with Crippen molar-refractivity contribution in [2.45, 2.75) is 6.55 Å². The Balaban J connectivity index is 2.47. The maximum Gasteiger partial charge on any atom is 0.252 e. The molecule has 0 atom stereocenters. The van der Waals surface area contributed by atoms with E-state index in [1.165, 1.54) is 24.3 Å². The van der Waals surface area contributed by atoms with Crippen LogP contribution in [0.4, 0.5) is 8.78 Å². The molecule has 1 nitrogen and oxygen atoms in total. The van der Waals surface area contributed by atoms with Crippen LogP contribution in [0.2, 0.25) is 6.55 Å². The van der Waals surface area contributed by atoms with E-state index < -0.39 is 8.32 Å². The van der Waals surface area contributed by atoms with Gasteiger partial charge in [-0.15, -0.1) is 0 Å². The first-order valence-electron chi connectivity index (χ1n) is 5.63. The molecule has 0 unspecified atom stereocenters. The summed E-state index contributed by atoms with van der Waals surface area (Å²) >= 11 is 0. The van der Waals surface area contributed by atoms with Crippen LogP contribution < -0.4 is 10.4 Å². The largest absolute Gasteiger partial charge is 0.411 e. The lowest BCUT2D eigenvalue weighted by atomic mass is 10.3. The summed E-state index contributed by atoms with van der Waals surface area (Å²) in [5, 5.41) is 1.91. The Morgan fingerprint density at radius 1 is 0.778 bits per heavy atom. The average Bonchev–Trinajstić information content (AvgIpc) is 2.39. The zero-order valence-corrected chi connectivity index (χ0v) is 11.3. The minimum atomic E-state index is -2.35. The molecule has 4 heteroatoms. The highest BCUT2D eigenvalue weighted by molar-refractivity contribution is 6.96. The molecule has 0 aliphatic rings. The summed E-state index contributed by atoms with van der Waals surface area (Å²) in [7, 11) is -0.717. The van der Waals surface area contributed by atoms with Crippen molar-refractivity contribution in [2.75, 3.05) is 7.11 Å². The monoisotopic (exact) mass is 264 g/mol. The molecular weight excluding hydrogens is 250 g/mol. The molecule has 2 rings (SSSR count). The van der Waals surface area contributed by atoms with Gasteiger partial charge in [0.25, 0.3) is 8.32 Å². The molecule has 0 saturated heterocycles. The number of benzene rings is 2. The highest BCUT2D eigenvalue weighted by Gasteiger charge is 2.32. The molecule has 18 heavy (non-hydrogen) atoms. The first-order valence-corrected chi connectivity index (χ1v) is 8.04. The topological polar surface area (TPSA) is 9.23 Å². The molecule has 0 radical (unpaired) electrons. The number of rotatable bonds is 3. The third-order valence-electron chi connectivity index (χ3n) is 3.20. The van der Waals surface area contributed by atoms with Gasteiger partial charge < -0.3 is 4.43 Å². The van der Waals surface area contributed by atoms with Crippen molar-refractivity contribution in [3.63, 3.8) is 0 Å². The van der Waals surface area contributed by atoms with Gasteiger partial charge in [-0.1, -0.05) is 24.3 Å². The van der Waals surface area contributed by atoms with E-state index in [0.29, 0.717) is 0 Å². The maximum atomic E-state index is 13.0. The number of hydrogen-bond acceptors (Lipinski definition) is 1. The van der Waals surface area contributed by atoms with E-state index in [2.05, 4.69) is 0 Å². The maximum absolute atomic E-state index is 13.0. The van der Waals surface area contributed by atoms with E-state index in [-0.39, 0.29) is 11.6 Å². The van der Waals surface area contributed by atoms with Crippen molar-refractivity contribution in [3.8, 4) is 0 Å². The van der Waals surface area contributed by atoms with Crippen LogP contribution >= 0.6 is 0 Å². The van der Waals surface area contributed by atoms with Crippen molar-refractivity contribution >= 4 is 18.7 Å². The molecule has 0 amide bonds. The number of halogens is 2. The summed E-state index contributed by atoms with van der Waals surface area (Å²) in [5.41, 5.74) is 0. The second-order valence-corrected chi connectivity index (χ2v) is 7.88. The molecule has 0 aromatic heterocycles. The van der Waals surface area contributed by atoms with E-state index in [0.717, 1.165) is 10.4 Å². The van der Waals surface area contributed by atoms with E-state index in [1.54, 1.807) is 31.4 Å². The van der Waals surface area contributed by atoms with Gasteiger partial charge in [0, 0.05) is 7.11 Å². The number of hydrogen-bond donors (Lipinski definition) is 0. The van der Waals surface area contributed by atoms with Crippen LogP contribution in [0.3, 0.4) is 0 Å². The summed E-state index contributed by atoms with van der Waals surface area (Å²) in [6.45, 7) is 2.01. The van der Waals surface area contributed by atoms with Crippen molar-refractivity contribution in [3.05, 3.63) is 60.2 Å². The fraction of sp³-hybridized carbons (Fsp3) is 0.143. The van der Waals surface area contributed by atoms with Gasteiger partial charge in [0.2, 0.25) is 0 Å². The minimum absolute atomic E-state index is 0.273. The van der Waals surface area contributed by atoms with Crippen LogP contribution in [-0.4, -0.2) is 15.4 Å². The molecular formula is C14H14F2OSi. The van der Waals surface area contributed by atoms with Crippen LogP contribution in [0.1, 0.15) is 0 Å². The zero-order chi connectivity index (χ0) is 13.2. The predicted octanol–water partition coefficient (Wildman–Crippen LogP) is 2.30. The minimum Gasteiger partial charge on any atom is -0.411 e. The normalized spacial score (nSPS) is 11.6. The van der Waals surface area contributed by atoms with Crippen LogP contribution in [0.25, 0.3) is 0 Å². The van der Waals surface area contributed by atoms with Crippen molar-refractivity contribution in [1.29, 1.82) is 0 Å². The lowest BCUT2D eigenvalue weighted by molar-refractivity contribution is 0.421. The van der Waals surface area contributed by atoms with Gasteiger partial charge in [0.05, 0.1) is 0 Å². The second kappa shape index (κ2) is 5.00. The van der Waals surface area contributed by atoms with Crippen LogP contribution in [0.5, 0.6) is 0 Å². The zero-order valence-electron chi connectivity index (χ0n) is 10.3. The standard InChI is InChI=1S/C14H14F2OSi/c1-17-18(2,13-7-3-11(15)4-8-13)14-9-5-12(16)6-10-14/h3-10H,1-2H3. The van der Waals surface area contributed by atoms with Crippen molar-refractivity contribution in [2.24, 2.45) is 0 Å². The van der Waals surface area contributed by atoms with Gasteiger partial charge in [0.15, 0.2) is 0 Å². The van der Waals surface area contributed by atoms with Gasteiger partial charge in [-0.2, -0.15) is 0 Å². The Bertz CT molecular complexity index is 477. The molecule has 2 aromatic carbocycles. The Morgan fingerprint density at radius 3 is 1.39 bits per heavy atom. The lowest BCUT2D eigenvalue weighted by Gasteiger charge is -2.26. The summed E-state index contributed by atoms with van der Waals surface area (Å²) in [6, 6.07) is 12.6. The van der Waals surface area contributed by atoms with Crippen molar-refractivity contribution < 1.29 is 13.2 Å². The SMILES string of the molecule is CO[Si](C)(c1ccc(F)cc1)c1ccc(F)cc1. The van der Waals surface area contributed by atoms with Gasteiger partial charge in [0.1, 0.15) is 11.6 Å². The van der Waals surface area contributed by atoms with E-state index in [4.69, 9.17) is 4.43 Å². The predicted molar refractivity (Wildman–Crippen MR) is 70.7 cm³/mol. The highest BCUT2D eigenvalue weighted by Crippen LogP contribution is 2.08. The van der Waals surface area contributed by atoms with Gasteiger partial charge >= 0.3 is 0 Å². The fourth-order valence-electron chi connectivity index (χ4n) is 1.94. The molecule has 0 spiro atoms. The molecule has 0 aliphatic carbocycles. The molecule has 0 fully saturated rings. The molecule has 0 aliphatic heterocycles. The molecule has 0 heterocycles. The van der Waals surface area contributed by atoms with Crippen molar-refractivity contribution in [1.82, 2.24) is 0 Å². The molecule has 94 valence electrons.